The number of thiophene rings is 1. The molecule has 2 fully saturated rings. The number of amides is 2. The van der Waals surface area contributed by atoms with E-state index < -0.39 is 0 Å². The molecule has 1 unspecified atom stereocenters. The summed E-state index contributed by atoms with van der Waals surface area (Å²) in [6.07, 6.45) is 7.19. The molecule has 0 bridgehead atoms. The molecular weight excluding hydrogens is 453 g/mol. The number of carbonyl (C=O) groups excluding carboxylic acids is 2. The van der Waals surface area contributed by atoms with Crippen molar-refractivity contribution in [2.45, 2.75) is 51.0 Å². The first-order valence-corrected chi connectivity index (χ1v) is 12.8. The number of piperidine rings is 1. The maximum Gasteiger partial charge on any atom is 0.293 e. The molecule has 1 atom stereocenters. The number of halogens is 1. The molecule has 1 aromatic carbocycles. The van der Waals surface area contributed by atoms with E-state index in [0.29, 0.717) is 24.6 Å². The average Bonchev–Trinajstić information content (AvgIpc) is 3.55. The summed E-state index contributed by atoms with van der Waals surface area (Å²) in [5.74, 6) is -0.170. The molecule has 1 aliphatic carbocycles. The Kier molecular flexibility index (Phi) is 6.71. The summed E-state index contributed by atoms with van der Waals surface area (Å²) in [5.41, 5.74) is 0.625. The highest BCUT2D eigenvalue weighted by molar-refractivity contribution is 7.13. The Bertz CT molecular complexity index is 1140. The molecule has 7 nitrogen and oxygen atoms in total. The van der Waals surface area contributed by atoms with E-state index in [-0.39, 0.29) is 35.4 Å². The van der Waals surface area contributed by atoms with Gasteiger partial charge in [-0.25, -0.2) is 14.1 Å². The van der Waals surface area contributed by atoms with Crippen molar-refractivity contribution in [2.75, 3.05) is 13.1 Å². The van der Waals surface area contributed by atoms with Crippen molar-refractivity contribution in [3.63, 3.8) is 0 Å². The number of rotatable bonds is 5. The van der Waals surface area contributed by atoms with Crippen LogP contribution in [-0.2, 0) is 4.79 Å². The number of nitrogens with zero attached hydrogens (tertiary/aromatic N) is 4. The van der Waals surface area contributed by atoms with Gasteiger partial charge in [-0.15, -0.1) is 16.4 Å². The van der Waals surface area contributed by atoms with Crippen molar-refractivity contribution in [3.8, 4) is 16.4 Å². The van der Waals surface area contributed by atoms with E-state index in [4.69, 9.17) is 0 Å². The Morgan fingerprint density at radius 3 is 2.56 bits per heavy atom. The zero-order valence-electron chi connectivity index (χ0n) is 19.0. The molecule has 1 N–H and O–H groups in total. The van der Waals surface area contributed by atoms with Gasteiger partial charge >= 0.3 is 0 Å². The van der Waals surface area contributed by atoms with Gasteiger partial charge < -0.3 is 10.2 Å². The maximum absolute atomic E-state index is 13.5. The molecule has 34 heavy (non-hydrogen) atoms. The van der Waals surface area contributed by atoms with Crippen LogP contribution in [0.2, 0.25) is 0 Å². The zero-order valence-corrected chi connectivity index (χ0v) is 19.8. The third-order valence-corrected chi connectivity index (χ3v) is 7.51. The van der Waals surface area contributed by atoms with E-state index in [2.05, 4.69) is 15.4 Å². The number of benzene rings is 1. The molecule has 3 heterocycles. The molecule has 2 aliphatic rings. The molecular formula is C25H28FN5O2S. The average molecular weight is 482 g/mol. The topological polar surface area (TPSA) is 80.1 Å². The Labute approximate surface area is 202 Å². The first-order valence-electron chi connectivity index (χ1n) is 11.9. The second-order valence-electron chi connectivity index (χ2n) is 9.06. The number of likely N-dealkylation sites (tertiary alicyclic amines) is 1. The predicted octanol–water partition coefficient (Wildman–Crippen LogP) is 4.44. The van der Waals surface area contributed by atoms with E-state index in [1.807, 2.05) is 17.5 Å². The number of nitrogens with one attached hydrogen (secondary N) is 1. The summed E-state index contributed by atoms with van der Waals surface area (Å²) in [6.45, 7) is 0.947. The van der Waals surface area contributed by atoms with E-state index >= 15 is 0 Å². The summed E-state index contributed by atoms with van der Waals surface area (Å²) >= 11 is 1.49. The highest BCUT2D eigenvalue weighted by Gasteiger charge is 2.32. The van der Waals surface area contributed by atoms with E-state index in [0.717, 1.165) is 43.4 Å². The van der Waals surface area contributed by atoms with Crippen LogP contribution in [0.1, 0.15) is 55.6 Å². The lowest BCUT2D eigenvalue weighted by atomic mass is 9.93. The summed E-state index contributed by atoms with van der Waals surface area (Å²) in [5, 5.41) is 9.64. The molecule has 2 amide bonds. The zero-order chi connectivity index (χ0) is 23.5. The fourth-order valence-corrected chi connectivity index (χ4v) is 5.51. The minimum absolute atomic E-state index is 0.0495. The number of carbonyl (C=O) groups is 2. The molecule has 9 heteroatoms. The fraction of sp³-hybridized carbons (Fsp3) is 0.440. The maximum atomic E-state index is 13.5. The van der Waals surface area contributed by atoms with Crippen LogP contribution in [0, 0.1) is 11.7 Å². The summed E-state index contributed by atoms with van der Waals surface area (Å²) in [4.78, 5) is 33.4. The van der Waals surface area contributed by atoms with Gasteiger partial charge in [0.15, 0.2) is 5.82 Å². The van der Waals surface area contributed by atoms with E-state index in [9.17, 15) is 14.0 Å². The highest BCUT2D eigenvalue weighted by atomic mass is 32.1. The van der Waals surface area contributed by atoms with Crippen LogP contribution >= 0.6 is 11.3 Å². The molecule has 5 rings (SSSR count). The van der Waals surface area contributed by atoms with Crippen LogP contribution < -0.4 is 5.32 Å². The van der Waals surface area contributed by atoms with Crippen LogP contribution in [0.5, 0.6) is 0 Å². The third kappa shape index (κ3) is 4.89. The van der Waals surface area contributed by atoms with Crippen molar-refractivity contribution >= 4 is 23.2 Å². The monoisotopic (exact) mass is 481 g/mol. The standard InChI is InChI=1S/C25H28FN5O2S/c26-18-10-12-20(13-11-18)31-23(21-9-5-15-34-21)28-22(29-31)25(33)30-14-4-6-17(16-30)24(32)27-19-7-2-1-3-8-19/h5,9-13,15,17,19H,1-4,6-8,14,16H2,(H,27,32). The van der Waals surface area contributed by atoms with Crippen molar-refractivity contribution < 1.29 is 14.0 Å². The van der Waals surface area contributed by atoms with Gasteiger partial charge in [0.25, 0.3) is 5.91 Å². The van der Waals surface area contributed by atoms with E-state index in [1.54, 1.807) is 21.7 Å². The van der Waals surface area contributed by atoms with Gasteiger partial charge in [0.1, 0.15) is 5.82 Å². The molecule has 2 aromatic heterocycles. The molecule has 178 valence electrons. The van der Waals surface area contributed by atoms with Crippen molar-refractivity contribution in [3.05, 3.63) is 53.4 Å². The number of hydrogen-bond donors (Lipinski definition) is 1. The second-order valence-corrected chi connectivity index (χ2v) is 10.0. The van der Waals surface area contributed by atoms with Gasteiger partial charge in [-0.2, -0.15) is 0 Å². The van der Waals surface area contributed by atoms with Crippen LogP contribution in [0.3, 0.4) is 0 Å². The van der Waals surface area contributed by atoms with Gasteiger partial charge in [0.05, 0.1) is 16.5 Å². The van der Waals surface area contributed by atoms with Crippen LogP contribution in [0.25, 0.3) is 16.4 Å². The highest BCUT2D eigenvalue weighted by Crippen LogP contribution is 2.27. The second kappa shape index (κ2) is 10.0. The van der Waals surface area contributed by atoms with Crippen molar-refractivity contribution in [1.82, 2.24) is 25.0 Å². The van der Waals surface area contributed by atoms with Gasteiger partial charge in [-0.3, -0.25) is 9.59 Å². The smallest absolute Gasteiger partial charge is 0.293 e. The lowest BCUT2D eigenvalue weighted by Crippen LogP contribution is -2.48. The van der Waals surface area contributed by atoms with Crippen molar-refractivity contribution in [1.29, 1.82) is 0 Å². The van der Waals surface area contributed by atoms with Gasteiger partial charge in [-0.05, 0) is 61.4 Å². The lowest BCUT2D eigenvalue weighted by Gasteiger charge is -2.33. The van der Waals surface area contributed by atoms with Crippen LogP contribution in [0.4, 0.5) is 4.39 Å². The molecule has 0 spiro atoms. The quantitative estimate of drug-likeness (QED) is 0.584. The minimum Gasteiger partial charge on any atom is -0.353 e. The normalized spacial score (nSPS) is 19.2. The Morgan fingerprint density at radius 2 is 1.82 bits per heavy atom. The summed E-state index contributed by atoms with van der Waals surface area (Å²) < 4.78 is 15.0. The lowest BCUT2D eigenvalue weighted by molar-refractivity contribution is -0.127. The van der Waals surface area contributed by atoms with Crippen LogP contribution in [0.15, 0.2) is 41.8 Å². The SMILES string of the molecule is O=C(NC1CCCCC1)C1CCCN(C(=O)c2nc(-c3cccs3)n(-c3ccc(F)cc3)n2)C1. The van der Waals surface area contributed by atoms with Gasteiger partial charge in [-0.1, -0.05) is 25.3 Å². The first-order chi connectivity index (χ1) is 16.6. The van der Waals surface area contributed by atoms with E-state index in [1.165, 1.54) is 29.9 Å². The number of aromatic nitrogens is 3. The first kappa shape index (κ1) is 22.7. The predicted molar refractivity (Wildman–Crippen MR) is 128 cm³/mol. The number of hydrogen-bond acceptors (Lipinski definition) is 5. The Hall–Kier alpha value is -3.07. The molecule has 0 radical (unpaired) electrons. The fourth-order valence-electron chi connectivity index (χ4n) is 4.81. The Balaban J connectivity index is 1.35. The van der Waals surface area contributed by atoms with Gasteiger partial charge in [0, 0.05) is 19.1 Å². The molecule has 3 aromatic rings. The summed E-state index contributed by atoms with van der Waals surface area (Å²) in [6, 6.07) is 10.0. The molecule has 1 saturated heterocycles. The van der Waals surface area contributed by atoms with Crippen LogP contribution in [-0.4, -0.2) is 50.6 Å². The van der Waals surface area contributed by atoms with Gasteiger partial charge in [0.2, 0.25) is 11.7 Å². The molecule has 1 aliphatic heterocycles. The largest absolute Gasteiger partial charge is 0.353 e. The third-order valence-electron chi connectivity index (χ3n) is 6.64. The van der Waals surface area contributed by atoms with Crippen molar-refractivity contribution in [2.24, 2.45) is 5.92 Å². The Morgan fingerprint density at radius 1 is 1.03 bits per heavy atom. The molecule has 1 saturated carbocycles. The minimum atomic E-state index is -0.344. The summed E-state index contributed by atoms with van der Waals surface area (Å²) in [7, 11) is 0.